The maximum Gasteiger partial charge on any atom is 0.0500 e. The van der Waals surface area contributed by atoms with Crippen LogP contribution in [0.1, 0.15) is 31.7 Å². The normalized spacial score (nSPS) is 13.0. The van der Waals surface area contributed by atoms with Crippen LogP contribution in [-0.2, 0) is 0 Å². The van der Waals surface area contributed by atoms with E-state index in [4.69, 9.17) is 0 Å². The molecule has 0 saturated heterocycles. The van der Waals surface area contributed by atoms with Gasteiger partial charge in [-0.3, -0.25) is 0 Å². The van der Waals surface area contributed by atoms with E-state index in [0.717, 1.165) is 26.1 Å². The van der Waals surface area contributed by atoms with E-state index < -0.39 is 0 Å². The molecule has 20 heavy (non-hydrogen) atoms. The molecule has 0 bridgehead atoms. The third kappa shape index (κ3) is 3.38. The van der Waals surface area contributed by atoms with Crippen LogP contribution in [-0.4, -0.2) is 36.2 Å². The number of benzene rings is 2. The Morgan fingerprint density at radius 2 is 1.70 bits per heavy atom. The van der Waals surface area contributed by atoms with Crippen LogP contribution in [0.5, 0.6) is 0 Å². The summed E-state index contributed by atoms with van der Waals surface area (Å²) in [4.78, 5) is 2.41. The summed E-state index contributed by atoms with van der Waals surface area (Å²) in [5.41, 5.74) is 1.28. The smallest absolute Gasteiger partial charge is 0.0500 e. The highest BCUT2D eigenvalue weighted by atomic mass is 16.3. The van der Waals surface area contributed by atoms with Crippen molar-refractivity contribution >= 4 is 10.8 Å². The SMILES string of the molecule is CCN(CC)CCC(CO)c1cccc2ccccc12. The van der Waals surface area contributed by atoms with Gasteiger partial charge in [-0.25, -0.2) is 0 Å². The van der Waals surface area contributed by atoms with Crippen molar-refractivity contribution in [1.82, 2.24) is 4.90 Å². The van der Waals surface area contributed by atoms with Gasteiger partial charge in [0.1, 0.15) is 0 Å². The third-order valence-corrected chi connectivity index (χ3v) is 4.17. The Hall–Kier alpha value is -1.38. The van der Waals surface area contributed by atoms with Gasteiger partial charge in [0.05, 0.1) is 0 Å². The fourth-order valence-electron chi connectivity index (χ4n) is 2.83. The second-order valence-electron chi connectivity index (χ2n) is 5.26. The van der Waals surface area contributed by atoms with E-state index in [2.05, 4.69) is 61.2 Å². The maximum absolute atomic E-state index is 9.78. The Bertz CT molecular complexity index is 528. The molecule has 0 aromatic heterocycles. The molecule has 2 aromatic rings. The molecule has 2 rings (SSSR count). The van der Waals surface area contributed by atoms with E-state index in [1.54, 1.807) is 0 Å². The van der Waals surface area contributed by atoms with Gasteiger partial charge in [0.2, 0.25) is 0 Å². The topological polar surface area (TPSA) is 23.5 Å². The molecule has 2 aromatic carbocycles. The van der Waals surface area contributed by atoms with E-state index in [0.29, 0.717) is 0 Å². The van der Waals surface area contributed by atoms with Gasteiger partial charge in [0.15, 0.2) is 0 Å². The van der Waals surface area contributed by atoms with Crippen LogP contribution in [0.15, 0.2) is 42.5 Å². The summed E-state index contributed by atoms with van der Waals surface area (Å²) in [6, 6.07) is 14.8. The number of hydrogen-bond acceptors (Lipinski definition) is 2. The molecule has 1 unspecified atom stereocenters. The fraction of sp³-hybridized carbons (Fsp3) is 0.444. The highest BCUT2D eigenvalue weighted by molar-refractivity contribution is 5.86. The maximum atomic E-state index is 9.78. The number of aliphatic hydroxyl groups is 1. The molecule has 0 saturated carbocycles. The van der Waals surface area contributed by atoms with Crippen LogP contribution in [0.25, 0.3) is 10.8 Å². The van der Waals surface area contributed by atoms with E-state index in [1.165, 1.54) is 16.3 Å². The van der Waals surface area contributed by atoms with Crippen molar-refractivity contribution in [1.29, 1.82) is 0 Å². The molecular weight excluding hydrogens is 246 g/mol. The van der Waals surface area contributed by atoms with Crippen molar-refractivity contribution in [2.24, 2.45) is 0 Å². The lowest BCUT2D eigenvalue weighted by molar-refractivity contribution is 0.232. The van der Waals surface area contributed by atoms with Crippen molar-refractivity contribution in [2.75, 3.05) is 26.2 Å². The quantitative estimate of drug-likeness (QED) is 0.831. The monoisotopic (exact) mass is 271 g/mol. The molecule has 0 aliphatic carbocycles. The predicted octanol–water partition coefficient (Wildman–Crippen LogP) is 3.65. The van der Waals surface area contributed by atoms with E-state index in [-0.39, 0.29) is 12.5 Å². The number of aliphatic hydroxyl groups excluding tert-OH is 1. The van der Waals surface area contributed by atoms with Gasteiger partial charge in [-0.05, 0) is 42.4 Å². The summed E-state index contributed by atoms with van der Waals surface area (Å²) in [6.45, 7) is 7.79. The van der Waals surface area contributed by atoms with Crippen LogP contribution >= 0.6 is 0 Å². The molecule has 2 heteroatoms. The second-order valence-corrected chi connectivity index (χ2v) is 5.26. The van der Waals surface area contributed by atoms with Gasteiger partial charge in [-0.2, -0.15) is 0 Å². The lowest BCUT2D eigenvalue weighted by atomic mass is 9.91. The van der Waals surface area contributed by atoms with Gasteiger partial charge >= 0.3 is 0 Å². The van der Waals surface area contributed by atoms with Crippen LogP contribution in [0, 0.1) is 0 Å². The molecule has 0 fully saturated rings. The Kier molecular flexibility index (Phi) is 5.57. The van der Waals surface area contributed by atoms with Gasteiger partial charge in [0, 0.05) is 12.5 Å². The first kappa shape index (κ1) is 15.0. The molecule has 108 valence electrons. The van der Waals surface area contributed by atoms with Gasteiger partial charge in [0.25, 0.3) is 0 Å². The van der Waals surface area contributed by atoms with Gasteiger partial charge < -0.3 is 10.0 Å². The molecular formula is C18H25NO. The van der Waals surface area contributed by atoms with Crippen molar-refractivity contribution in [2.45, 2.75) is 26.2 Å². The van der Waals surface area contributed by atoms with Crippen molar-refractivity contribution in [3.63, 3.8) is 0 Å². The zero-order chi connectivity index (χ0) is 14.4. The van der Waals surface area contributed by atoms with Crippen LogP contribution in [0.3, 0.4) is 0 Å². The first-order valence-electron chi connectivity index (χ1n) is 7.61. The Morgan fingerprint density at radius 3 is 2.40 bits per heavy atom. The minimum Gasteiger partial charge on any atom is -0.396 e. The third-order valence-electron chi connectivity index (χ3n) is 4.17. The molecule has 0 heterocycles. The molecule has 0 aliphatic rings. The minimum absolute atomic E-state index is 0.218. The summed E-state index contributed by atoms with van der Waals surface area (Å²) >= 11 is 0. The van der Waals surface area contributed by atoms with Crippen LogP contribution < -0.4 is 0 Å². The zero-order valence-corrected chi connectivity index (χ0v) is 12.5. The molecule has 0 amide bonds. The predicted molar refractivity (Wildman–Crippen MR) is 86.2 cm³/mol. The van der Waals surface area contributed by atoms with Crippen LogP contribution in [0.4, 0.5) is 0 Å². The molecule has 0 spiro atoms. The summed E-state index contributed by atoms with van der Waals surface area (Å²) in [6.07, 6.45) is 1.01. The van der Waals surface area contributed by atoms with E-state index in [9.17, 15) is 5.11 Å². The molecule has 0 aliphatic heterocycles. The average molecular weight is 271 g/mol. The lowest BCUT2D eigenvalue weighted by Gasteiger charge is -2.22. The average Bonchev–Trinajstić information content (AvgIpc) is 2.51. The lowest BCUT2D eigenvalue weighted by Crippen LogP contribution is -2.26. The van der Waals surface area contributed by atoms with Gasteiger partial charge in [-0.1, -0.05) is 56.3 Å². The number of nitrogens with zero attached hydrogens (tertiary/aromatic N) is 1. The Balaban J connectivity index is 2.21. The number of hydrogen-bond donors (Lipinski definition) is 1. The van der Waals surface area contributed by atoms with Crippen LogP contribution in [0.2, 0.25) is 0 Å². The zero-order valence-electron chi connectivity index (χ0n) is 12.5. The highest BCUT2D eigenvalue weighted by Gasteiger charge is 2.14. The first-order chi connectivity index (χ1) is 9.80. The van der Waals surface area contributed by atoms with Crippen molar-refractivity contribution in [3.05, 3.63) is 48.0 Å². The second kappa shape index (κ2) is 7.41. The molecule has 1 atom stereocenters. The largest absolute Gasteiger partial charge is 0.396 e. The van der Waals surface area contributed by atoms with E-state index >= 15 is 0 Å². The minimum atomic E-state index is 0.218. The Morgan fingerprint density at radius 1 is 1.00 bits per heavy atom. The summed E-state index contributed by atoms with van der Waals surface area (Å²) in [7, 11) is 0. The Labute approximate surface area is 122 Å². The number of fused-ring (bicyclic) bond motifs is 1. The molecule has 1 N–H and O–H groups in total. The van der Waals surface area contributed by atoms with Crippen molar-refractivity contribution < 1.29 is 5.11 Å². The number of rotatable bonds is 7. The highest BCUT2D eigenvalue weighted by Crippen LogP contribution is 2.27. The summed E-state index contributed by atoms with van der Waals surface area (Å²) in [5.74, 6) is 0.224. The summed E-state index contributed by atoms with van der Waals surface area (Å²) in [5, 5.41) is 12.3. The van der Waals surface area contributed by atoms with E-state index in [1.807, 2.05) is 0 Å². The molecule has 0 radical (unpaired) electrons. The van der Waals surface area contributed by atoms with Crippen molar-refractivity contribution in [3.8, 4) is 0 Å². The van der Waals surface area contributed by atoms with Gasteiger partial charge in [-0.15, -0.1) is 0 Å². The molecule has 2 nitrogen and oxygen atoms in total. The standard InChI is InChI=1S/C18H25NO/c1-3-19(4-2)13-12-16(14-20)18-11-7-9-15-8-5-6-10-17(15)18/h5-11,16,20H,3-4,12-14H2,1-2H3. The summed E-state index contributed by atoms with van der Waals surface area (Å²) < 4.78 is 0. The fourth-order valence-corrected chi connectivity index (χ4v) is 2.83. The first-order valence-corrected chi connectivity index (χ1v) is 7.61.